The van der Waals surface area contributed by atoms with Crippen LogP contribution in [0.5, 0.6) is 0 Å². The summed E-state index contributed by atoms with van der Waals surface area (Å²) in [5.74, 6) is -0.663. The molecular formula is C16H28N2O3. The van der Waals surface area contributed by atoms with Gasteiger partial charge >= 0.3 is 5.97 Å². The van der Waals surface area contributed by atoms with Gasteiger partial charge in [-0.2, -0.15) is 0 Å². The van der Waals surface area contributed by atoms with E-state index in [2.05, 4.69) is 6.92 Å². The van der Waals surface area contributed by atoms with Gasteiger partial charge in [-0.1, -0.05) is 13.8 Å². The van der Waals surface area contributed by atoms with Gasteiger partial charge in [0.2, 0.25) is 5.91 Å². The van der Waals surface area contributed by atoms with Crippen LogP contribution in [0.25, 0.3) is 0 Å². The van der Waals surface area contributed by atoms with E-state index in [0.717, 1.165) is 38.8 Å². The Bertz CT molecular complexity index is 399. The predicted molar refractivity (Wildman–Crippen MR) is 81.1 cm³/mol. The molecular weight excluding hydrogens is 268 g/mol. The highest BCUT2D eigenvalue weighted by Crippen LogP contribution is 2.33. The zero-order valence-corrected chi connectivity index (χ0v) is 13.3. The number of hydrogen-bond donors (Lipinski definition) is 1. The van der Waals surface area contributed by atoms with Crippen molar-refractivity contribution in [1.29, 1.82) is 0 Å². The minimum Gasteiger partial charge on any atom is -0.480 e. The molecule has 2 unspecified atom stereocenters. The van der Waals surface area contributed by atoms with Crippen molar-refractivity contribution in [3.63, 3.8) is 0 Å². The molecule has 0 saturated carbocycles. The molecule has 2 fully saturated rings. The quantitative estimate of drug-likeness (QED) is 0.844. The molecule has 0 radical (unpaired) electrons. The summed E-state index contributed by atoms with van der Waals surface area (Å²) in [4.78, 5) is 28.2. The molecule has 120 valence electrons. The van der Waals surface area contributed by atoms with Crippen molar-refractivity contribution in [3.8, 4) is 0 Å². The summed E-state index contributed by atoms with van der Waals surface area (Å²) in [7, 11) is 0. The second kappa shape index (κ2) is 6.77. The maximum atomic E-state index is 12.6. The molecule has 0 spiro atoms. The van der Waals surface area contributed by atoms with Gasteiger partial charge in [-0.25, -0.2) is 0 Å². The Morgan fingerprint density at radius 2 is 1.95 bits per heavy atom. The molecule has 5 heteroatoms. The lowest BCUT2D eigenvalue weighted by Crippen LogP contribution is -2.55. The Kier molecular flexibility index (Phi) is 5.25. The zero-order chi connectivity index (χ0) is 15.5. The lowest BCUT2D eigenvalue weighted by molar-refractivity contribution is -0.152. The molecule has 0 aromatic heterocycles. The van der Waals surface area contributed by atoms with Crippen LogP contribution >= 0.6 is 0 Å². The Labute approximate surface area is 127 Å². The highest BCUT2D eigenvalue weighted by Gasteiger charge is 2.47. The number of carboxylic acid groups (broad SMARTS) is 1. The number of piperidine rings is 1. The second-order valence-corrected chi connectivity index (χ2v) is 6.36. The monoisotopic (exact) mass is 296 g/mol. The molecule has 5 nitrogen and oxygen atoms in total. The summed E-state index contributed by atoms with van der Waals surface area (Å²) >= 11 is 0. The van der Waals surface area contributed by atoms with E-state index in [4.69, 9.17) is 0 Å². The molecule has 0 bridgehead atoms. The Morgan fingerprint density at radius 3 is 2.57 bits per heavy atom. The largest absolute Gasteiger partial charge is 0.480 e. The first-order chi connectivity index (χ1) is 10.0. The fraction of sp³-hybridized carbons (Fsp3) is 0.875. The van der Waals surface area contributed by atoms with Crippen LogP contribution in [0.2, 0.25) is 0 Å². The fourth-order valence-corrected chi connectivity index (χ4v) is 3.97. The van der Waals surface area contributed by atoms with Crippen molar-refractivity contribution in [1.82, 2.24) is 9.80 Å². The van der Waals surface area contributed by atoms with Crippen molar-refractivity contribution in [2.24, 2.45) is 0 Å². The van der Waals surface area contributed by atoms with Crippen molar-refractivity contribution in [3.05, 3.63) is 0 Å². The lowest BCUT2D eigenvalue weighted by atomic mass is 9.93. The Hall–Kier alpha value is -1.10. The van der Waals surface area contributed by atoms with E-state index >= 15 is 0 Å². The van der Waals surface area contributed by atoms with Gasteiger partial charge in [0.1, 0.15) is 5.54 Å². The summed E-state index contributed by atoms with van der Waals surface area (Å²) in [5, 5.41) is 9.59. The molecule has 2 atom stereocenters. The van der Waals surface area contributed by atoms with E-state index in [1.54, 1.807) is 0 Å². The van der Waals surface area contributed by atoms with Crippen LogP contribution in [0.3, 0.4) is 0 Å². The van der Waals surface area contributed by atoms with E-state index in [-0.39, 0.29) is 12.5 Å². The summed E-state index contributed by atoms with van der Waals surface area (Å²) in [6, 6.07) is 0.342. The van der Waals surface area contributed by atoms with Crippen LogP contribution in [-0.4, -0.2) is 58.0 Å². The highest BCUT2D eigenvalue weighted by molar-refractivity contribution is 5.83. The van der Waals surface area contributed by atoms with E-state index in [0.29, 0.717) is 18.9 Å². The van der Waals surface area contributed by atoms with Gasteiger partial charge in [0.05, 0.1) is 6.54 Å². The van der Waals surface area contributed by atoms with Crippen LogP contribution in [-0.2, 0) is 9.59 Å². The number of carbonyl (C=O) groups excluding carboxylic acids is 1. The molecule has 2 heterocycles. The van der Waals surface area contributed by atoms with Crippen molar-refractivity contribution >= 4 is 11.9 Å². The van der Waals surface area contributed by atoms with Crippen LogP contribution < -0.4 is 0 Å². The molecule has 2 aliphatic rings. The zero-order valence-electron chi connectivity index (χ0n) is 13.3. The third-order valence-electron chi connectivity index (χ3n) is 5.35. The summed E-state index contributed by atoms with van der Waals surface area (Å²) in [5.41, 5.74) is -0.826. The summed E-state index contributed by atoms with van der Waals surface area (Å²) in [6.45, 7) is 5.84. The number of aliphatic carboxylic acids is 1. The number of carbonyl (C=O) groups is 2. The van der Waals surface area contributed by atoms with Gasteiger partial charge in [0.15, 0.2) is 0 Å². The topological polar surface area (TPSA) is 60.9 Å². The van der Waals surface area contributed by atoms with Gasteiger partial charge in [-0.3, -0.25) is 14.5 Å². The van der Waals surface area contributed by atoms with Crippen LogP contribution in [0.1, 0.15) is 58.8 Å². The standard InChI is InChI=1S/C16H28N2O3/c1-3-13-8-5-6-11-18(13)14(19)12-17-10-7-9-16(17,4-2)15(20)21/h13H,3-12H2,1-2H3,(H,20,21). The van der Waals surface area contributed by atoms with Crippen molar-refractivity contribution in [2.45, 2.75) is 70.4 Å². The molecule has 0 aromatic carbocycles. The van der Waals surface area contributed by atoms with Gasteiger partial charge in [-0.05, 0) is 51.5 Å². The molecule has 21 heavy (non-hydrogen) atoms. The fourth-order valence-electron chi connectivity index (χ4n) is 3.97. The molecule has 2 aliphatic heterocycles. The normalized spacial score (nSPS) is 30.6. The number of likely N-dealkylation sites (tertiary alicyclic amines) is 2. The third kappa shape index (κ3) is 3.07. The van der Waals surface area contributed by atoms with Crippen LogP contribution in [0, 0.1) is 0 Å². The van der Waals surface area contributed by atoms with Crippen molar-refractivity contribution < 1.29 is 14.7 Å². The Balaban J connectivity index is 2.06. The number of nitrogens with zero attached hydrogens (tertiary/aromatic N) is 2. The number of rotatable bonds is 5. The SMILES string of the molecule is CCC1CCCCN1C(=O)CN1CCCC1(CC)C(=O)O. The van der Waals surface area contributed by atoms with Crippen molar-refractivity contribution in [2.75, 3.05) is 19.6 Å². The maximum absolute atomic E-state index is 12.6. The molecule has 1 amide bonds. The van der Waals surface area contributed by atoms with Gasteiger partial charge < -0.3 is 10.0 Å². The van der Waals surface area contributed by atoms with Gasteiger partial charge in [-0.15, -0.1) is 0 Å². The molecule has 2 saturated heterocycles. The van der Waals surface area contributed by atoms with Crippen LogP contribution in [0.4, 0.5) is 0 Å². The van der Waals surface area contributed by atoms with E-state index in [9.17, 15) is 14.7 Å². The number of hydrogen-bond acceptors (Lipinski definition) is 3. The predicted octanol–water partition coefficient (Wildman–Crippen LogP) is 2.11. The first kappa shape index (κ1) is 16.3. The second-order valence-electron chi connectivity index (χ2n) is 6.36. The molecule has 0 aliphatic carbocycles. The third-order valence-corrected chi connectivity index (χ3v) is 5.35. The first-order valence-electron chi connectivity index (χ1n) is 8.33. The number of amides is 1. The maximum Gasteiger partial charge on any atom is 0.324 e. The molecule has 1 N–H and O–H groups in total. The molecule has 2 rings (SSSR count). The number of carboxylic acids is 1. The van der Waals surface area contributed by atoms with E-state index in [1.165, 1.54) is 6.42 Å². The minimum atomic E-state index is -0.826. The van der Waals surface area contributed by atoms with Gasteiger partial charge in [0.25, 0.3) is 0 Å². The average molecular weight is 296 g/mol. The van der Waals surface area contributed by atoms with E-state index < -0.39 is 11.5 Å². The van der Waals surface area contributed by atoms with E-state index in [1.807, 2.05) is 16.7 Å². The highest BCUT2D eigenvalue weighted by atomic mass is 16.4. The summed E-state index contributed by atoms with van der Waals surface area (Å²) in [6.07, 6.45) is 6.42. The lowest BCUT2D eigenvalue weighted by Gasteiger charge is -2.39. The van der Waals surface area contributed by atoms with Gasteiger partial charge in [0, 0.05) is 12.6 Å². The minimum absolute atomic E-state index is 0.113. The Morgan fingerprint density at radius 1 is 1.19 bits per heavy atom. The average Bonchev–Trinajstić information content (AvgIpc) is 2.91. The molecule has 0 aromatic rings. The summed E-state index contributed by atoms with van der Waals surface area (Å²) < 4.78 is 0. The first-order valence-corrected chi connectivity index (χ1v) is 8.33. The smallest absolute Gasteiger partial charge is 0.324 e. The van der Waals surface area contributed by atoms with Crippen LogP contribution in [0.15, 0.2) is 0 Å².